The zero-order valence-electron chi connectivity index (χ0n) is 16.6. The number of hydrogen-bond acceptors (Lipinski definition) is 7. The van der Waals surface area contributed by atoms with E-state index in [1.807, 2.05) is 6.92 Å². The minimum Gasteiger partial charge on any atom is -0.492 e. The van der Waals surface area contributed by atoms with Gasteiger partial charge >= 0.3 is 0 Å². The van der Waals surface area contributed by atoms with Crippen LogP contribution in [0.1, 0.15) is 23.0 Å². The Labute approximate surface area is 183 Å². The highest BCUT2D eigenvalue weighted by molar-refractivity contribution is 6.02. The number of aromatic nitrogens is 1. The van der Waals surface area contributed by atoms with E-state index in [4.69, 9.17) is 19.9 Å². The molecule has 166 valence electrons. The van der Waals surface area contributed by atoms with Crippen LogP contribution in [0.4, 0.5) is 14.5 Å². The molecule has 0 bridgehead atoms. The summed E-state index contributed by atoms with van der Waals surface area (Å²) in [5.41, 5.74) is 2.17. The summed E-state index contributed by atoms with van der Waals surface area (Å²) in [6.45, 7) is 1.39. The van der Waals surface area contributed by atoms with Crippen molar-refractivity contribution in [1.82, 2.24) is 4.98 Å². The van der Waals surface area contributed by atoms with Crippen LogP contribution in [0, 0.1) is 5.82 Å². The number of alkyl halides is 1. The van der Waals surface area contributed by atoms with E-state index in [1.165, 1.54) is 24.4 Å². The van der Waals surface area contributed by atoms with E-state index in [-0.39, 0.29) is 48.6 Å². The molecule has 2 aliphatic rings. The first kappa shape index (κ1) is 22.7. The molecule has 2 aliphatic heterocycles. The summed E-state index contributed by atoms with van der Waals surface area (Å²) < 4.78 is 45.9. The summed E-state index contributed by atoms with van der Waals surface area (Å²) >= 11 is 0. The van der Waals surface area contributed by atoms with E-state index < -0.39 is 29.5 Å². The minimum absolute atomic E-state index is 0. The number of fused-ring (bicyclic) bond motifs is 1. The lowest BCUT2D eigenvalue weighted by Crippen LogP contribution is -2.55. The molecule has 0 aliphatic carbocycles. The van der Waals surface area contributed by atoms with E-state index in [1.54, 1.807) is 6.07 Å². The van der Waals surface area contributed by atoms with Crippen LogP contribution in [0.2, 0.25) is 0 Å². The molecule has 0 radical (unpaired) electrons. The van der Waals surface area contributed by atoms with Crippen LogP contribution in [0.25, 0.3) is 0 Å². The summed E-state index contributed by atoms with van der Waals surface area (Å²) in [6.07, 6.45) is 1.43. The number of halogens is 3. The van der Waals surface area contributed by atoms with E-state index in [2.05, 4.69) is 15.3 Å². The van der Waals surface area contributed by atoms with E-state index in [0.717, 1.165) is 6.07 Å². The number of hydrogen-bond donors (Lipinski definition) is 2. The first-order valence-electron chi connectivity index (χ1n) is 9.32. The molecule has 0 saturated carbocycles. The van der Waals surface area contributed by atoms with Crippen molar-refractivity contribution in [3.05, 3.63) is 53.6 Å². The second-order valence-corrected chi connectivity index (χ2v) is 7.02. The van der Waals surface area contributed by atoms with Gasteiger partial charge < -0.3 is 25.3 Å². The molecular weight excluding hydrogens is 434 g/mol. The van der Waals surface area contributed by atoms with Crippen LogP contribution in [0.5, 0.6) is 5.75 Å². The summed E-state index contributed by atoms with van der Waals surface area (Å²) in [5, 5.41) is 2.63. The van der Waals surface area contributed by atoms with Crippen LogP contribution in [-0.2, 0) is 15.0 Å². The van der Waals surface area contributed by atoms with Crippen molar-refractivity contribution in [3.63, 3.8) is 0 Å². The van der Waals surface area contributed by atoms with Crippen molar-refractivity contribution in [2.45, 2.75) is 18.1 Å². The van der Waals surface area contributed by atoms with Crippen LogP contribution in [0.15, 0.2) is 41.5 Å². The van der Waals surface area contributed by atoms with Gasteiger partial charge in [-0.05, 0) is 37.3 Å². The fourth-order valence-electron chi connectivity index (χ4n) is 3.57. The lowest BCUT2D eigenvalue weighted by atomic mass is 9.78. The highest BCUT2D eigenvalue weighted by Crippen LogP contribution is 2.48. The van der Waals surface area contributed by atoms with Crippen molar-refractivity contribution < 1.29 is 27.8 Å². The summed E-state index contributed by atoms with van der Waals surface area (Å²) in [7, 11) is 0. The van der Waals surface area contributed by atoms with Gasteiger partial charge in [0.15, 0.2) is 11.2 Å². The first-order valence-corrected chi connectivity index (χ1v) is 9.32. The Balaban J connectivity index is 0.00000272. The van der Waals surface area contributed by atoms with Crippen LogP contribution < -0.4 is 15.8 Å². The maximum absolute atomic E-state index is 15.5. The van der Waals surface area contributed by atoms with Gasteiger partial charge in [-0.25, -0.2) is 18.8 Å². The highest BCUT2D eigenvalue weighted by Gasteiger charge is 2.62. The number of carbonyl (C=O) groups is 1. The van der Waals surface area contributed by atoms with E-state index in [9.17, 15) is 9.18 Å². The number of anilines is 1. The molecule has 4 rings (SSSR count). The predicted octanol–water partition coefficient (Wildman–Crippen LogP) is 2.57. The Morgan fingerprint density at radius 1 is 1.29 bits per heavy atom. The fourth-order valence-corrected chi connectivity index (χ4v) is 3.57. The van der Waals surface area contributed by atoms with Crippen molar-refractivity contribution in [2.24, 2.45) is 10.7 Å². The van der Waals surface area contributed by atoms with Gasteiger partial charge in [-0.15, -0.1) is 12.4 Å². The minimum atomic E-state index is -2.09. The normalized spacial score (nSPS) is 24.3. The molecule has 11 heteroatoms. The number of amidine groups is 1. The monoisotopic (exact) mass is 454 g/mol. The van der Waals surface area contributed by atoms with Crippen LogP contribution >= 0.6 is 12.4 Å². The molecule has 1 fully saturated rings. The number of pyridine rings is 1. The Morgan fingerprint density at radius 3 is 2.81 bits per heavy atom. The zero-order chi connectivity index (χ0) is 21.4. The van der Waals surface area contributed by atoms with Gasteiger partial charge in [0, 0.05) is 11.3 Å². The van der Waals surface area contributed by atoms with Crippen LogP contribution in [-0.4, -0.2) is 49.0 Å². The maximum Gasteiger partial charge on any atom is 0.283 e. The topological polar surface area (TPSA) is 108 Å². The van der Waals surface area contributed by atoms with Gasteiger partial charge in [-0.2, -0.15) is 0 Å². The molecular formula is C20H21ClF2N4O4. The Hall–Kier alpha value is -2.98. The SMILES string of the molecule is CCOc1ccc(C(=O)Nc2ccc(F)c([C@]34COC[C@@]3(F)COC(N)=N4)c2)nc1.Cl. The number of benzene rings is 1. The van der Waals surface area contributed by atoms with Gasteiger partial charge in [0.25, 0.3) is 11.9 Å². The molecule has 1 aromatic carbocycles. The number of nitrogens with two attached hydrogens (primary N) is 1. The Bertz CT molecular complexity index is 1010. The highest BCUT2D eigenvalue weighted by atomic mass is 35.5. The Kier molecular flexibility index (Phi) is 6.33. The number of nitrogens with zero attached hydrogens (tertiary/aromatic N) is 2. The average molecular weight is 455 g/mol. The van der Waals surface area contributed by atoms with Gasteiger partial charge in [-0.3, -0.25) is 4.79 Å². The van der Waals surface area contributed by atoms with E-state index in [0.29, 0.717) is 12.4 Å². The molecule has 1 aromatic heterocycles. The third kappa shape index (κ3) is 4.00. The van der Waals surface area contributed by atoms with Crippen molar-refractivity contribution in [2.75, 3.05) is 31.7 Å². The second kappa shape index (κ2) is 8.64. The van der Waals surface area contributed by atoms with Gasteiger partial charge in [0.2, 0.25) is 0 Å². The van der Waals surface area contributed by atoms with Gasteiger partial charge in [-0.1, -0.05) is 0 Å². The summed E-state index contributed by atoms with van der Waals surface area (Å²) in [5.74, 6) is -0.678. The molecule has 8 nitrogen and oxygen atoms in total. The number of amides is 1. The molecule has 0 spiro atoms. The van der Waals surface area contributed by atoms with E-state index >= 15 is 4.39 Å². The molecule has 3 N–H and O–H groups in total. The van der Waals surface area contributed by atoms with Gasteiger partial charge in [0.05, 0.1) is 26.0 Å². The Morgan fingerprint density at radius 2 is 2.10 bits per heavy atom. The zero-order valence-corrected chi connectivity index (χ0v) is 17.4. The number of aliphatic imine (C=N–C) groups is 1. The van der Waals surface area contributed by atoms with Crippen LogP contribution in [0.3, 0.4) is 0 Å². The summed E-state index contributed by atoms with van der Waals surface area (Å²) in [6, 6.07) is 6.70. The molecule has 3 heterocycles. The number of rotatable bonds is 5. The second-order valence-electron chi connectivity index (χ2n) is 7.02. The quantitative estimate of drug-likeness (QED) is 0.719. The fraction of sp³-hybridized carbons (Fsp3) is 0.350. The number of nitrogens with one attached hydrogen (secondary N) is 1. The molecule has 31 heavy (non-hydrogen) atoms. The van der Waals surface area contributed by atoms with Crippen molar-refractivity contribution in [1.29, 1.82) is 0 Å². The third-order valence-electron chi connectivity index (χ3n) is 5.08. The van der Waals surface area contributed by atoms with Crippen molar-refractivity contribution in [3.8, 4) is 5.75 Å². The first-order chi connectivity index (χ1) is 14.4. The average Bonchev–Trinajstić information content (AvgIpc) is 3.07. The maximum atomic E-state index is 15.5. The number of ether oxygens (including phenoxy) is 3. The standard InChI is InChI=1S/C20H20F2N4O4.ClH/c1-2-29-13-4-6-16(24-8-13)17(27)25-12-3-5-15(21)14(7-12)20-11-28-9-19(20,22)10-30-18(23)26-20;/h3-8H,2,9-11H2,1H3,(H2,23,26)(H,25,27);1H/t19-,20-;/m1./s1. The van der Waals surface area contributed by atoms with Gasteiger partial charge in [0.1, 0.15) is 23.9 Å². The van der Waals surface area contributed by atoms with Crippen molar-refractivity contribution >= 4 is 30.0 Å². The molecule has 1 saturated heterocycles. The third-order valence-corrected chi connectivity index (χ3v) is 5.08. The smallest absolute Gasteiger partial charge is 0.283 e. The molecule has 2 aromatic rings. The largest absolute Gasteiger partial charge is 0.492 e. The number of carbonyl (C=O) groups excluding carboxylic acids is 1. The molecule has 0 unspecified atom stereocenters. The molecule has 2 atom stereocenters. The lowest BCUT2D eigenvalue weighted by Gasteiger charge is -2.38. The molecule has 1 amide bonds. The lowest BCUT2D eigenvalue weighted by molar-refractivity contribution is 0.00905. The summed E-state index contributed by atoms with van der Waals surface area (Å²) in [4.78, 5) is 20.6. The predicted molar refractivity (Wildman–Crippen MR) is 111 cm³/mol.